The van der Waals surface area contributed by atoms with E-state index < -0.39 is 0 Å². The fraction of sp³-hybridized carbons (Fsp3) is 0.353. The number of carbonyl (C=O) groups is 2. The molecule has 24 heavy (non-hydrogen) atoms. The number of nitrogens with zero attached hydrogens (tertiary/aromatic N) is 2. The second kappa shape index (κ2) is 6.82. The van der Waals surface area contributed by atoms with E-state index >= 15 is 0 Å². The lowest BCUT2D eigenvalue weighted by atomic mass is 10.1. The van der Waals surface area contributed by atoms with E-state index in [0.29, 0.717) is 25.3 Å². The highest BCUT2D eigenvalue weighted by molar-refractivity contribution is 5.94. The Bertz CT molecular complexity index is 742. The molecule has 126 valence electrons. The summed E-state index contributed by atoms with van der Waals surface area (Å²) in [6, 6.07) is 5.99. The lowest BCUT2D eigenvalue weighted by molar-refractivity contribution is -0.127. The maximum absolute atomic E-state index is 12.9. The number of nitrogens with one attached hydrogen (secondary N) is 1. The fourth-order valence-corrected chi connectivity index (χ4v) is 2.78. The Hall–Kier alpha value is -2.70. The minimum Gasteiger partial charge on any atom is -0.448 e. The molecular weight excluding hydrogens is 313 g/mol. The first-order chi connectivity index (χ1) is 11.5. The van der Waals surface area contributed by atoms with Gasteiger partial charge in [-0.2, -0.15) is 0 Å². The number of carbonyl (C=O) groups excluding carboxylic acids is 2. The summed E-state index contributed by atoms with van der Waals surface area (Å²) in [6.07, 6.45) is 2.14. The van der Waals surface area contributed by atoms with Crippen LogP contribution < -0.4 is 5.32 Å². The van der Waals surface area contributed by atoms with Crippen LogP contribution in [0, 0.1) is 12.7 Å². The molecule has 0 unspecified atom stereocenters. The summed E-state index contributed by atoms with van der Waals surface area (Å²) in [6.45, 7) is 2.67. The molecule has 6 nitrogen and oxygen atoms in total. The molecule has 7 heteroatoms. The summed E-state index contributed by atoms with van der Waals surface area (Å²) < 4.78 is 17.9. The van der Waals surface area contributed by atoms with E-state index in [2.05, 4.69) is 10.3 Å². The van der Waals surface area contributed by atoms with Crippen LogP contribution in [0.25, 0.3) is 0 Å². The number of oxazole rings is 1. The van der Waals surface area contributed by atoms with Crippen LogP contribution in [0.5, 0.6) is 0 Å². The van der Waals surface area contributed by atoms with E-state index in [1.807, 2.05) is 0 Å². The van der Waals surface area contributed by atoms with Gasteiger partial charge in [-0.3, -0.25) is 9.59 Å². The summed E-state index contributed by atoms with van der Waals surface area (Å²) in [7, 11) is 0. The summed E-state index contributed by atoms with van der Waals surface area (Å²) in [5.41, 5.74) is 1.21. The van der Waals surface area contributed by atoms with Gasteiger partial charge in [-0.1, -0.05) is 12.1 Å². The fourth-order valence-electron chi connectivity index (χ4n) is 2.78. The molecular formula is C17H18FN3O3. The van der Waals surface area contributed by atoms with E-state index in [0.717, 1.165) is 5.56 Å². The highest BCUT2D eigenvalue weighted by Gasteiger charge is 2.31. The van der Waals surface area contributed by atoms with Crippen LogP contribution in [0.3, 0.4) is 0 Å². The largest absolute Gasteiger partial charge is 0.448 e. The second-order valence-corrected chi connectivity index (χ2v) is 5.85. The van der Waals surface area contributed by atoms with Gasteiger partial charge in [0.05, 0.1) is 6.04 Å². The Balaban J connectivity index is 1.53. The highest BCUT2D eigenvalue weighted by Crippen LogP contribution is 2.14. The van der Waals surface area contributed by atoms with Gasteiger partial charge in [0.25, 0.3) is 5.91 Å². The molecule has 2 heterocycles. The number of hydrogen-bond acceptors (Lipinski definition) is 4. The van der Waals surface area contributed by atoms with Crippen LogP contribution in [0.2, 0.25) is 0 Å². The molecule has 1 fully saturated rings. The smallest absolute Gasteiger partial charge is 0.273 e. The van der Waals surface area contributed by atoms with Gasteiger partial charge in [-0.15, -0.1) is 0 Å². The molecule has 1 aromatic heterocycles. The molecule has 1 atom stereocenters. The number of aromatic nitrogens is 1. The van der Waals surface area contributed by atoms with Crippen LogP contribution in [-0.4, -0.2) is 40.8 Å². The van der Waals surface area contributed by atoms with Gasteiger partial charge in [0.1, 0.15) is 11.6 Å². The summed E-state index contributed by atoms with van der Waals surface area (Å²) in [4.78, 5) is 29.8. The molecule has 1 aromatic carbocycles. The van der Waals surface area contributed by atoms with Gasteiger partial charge in [0.2, 0.25) is 5.91 Å². The normalized spacial score (nSPS) is 17.3. The molecule has 2 aromatic rings. The molecule has 0 spiro atoms. The van der Waals surface area contributed by atoms with Crippen molar-refractivity contribution < 1.29 is 18.4 Å². The van der Waals surface area contributed by atoms with Crippen molar-refractivity contribution >= 4 is 11.8 Å². The van der Waals surface area contributed by atoms with Gasteiger partial charge in [0.15, 0.2) is 12.1 Å². The quantitative estimate of drug-likeness (QED) is 0.905. The Kier molecular flexibility index (Phi) is 4.59. The zero-order valence-electron chi connectivity index (χ0n) is 13.3. The van der Waals surface area contributed by atoms with E-state index in [4.69, 9.17) is 4.42 Å². The van der Waals surface area contributed by atoms with E-state index in [1.54, 1.807) is 24.0 Å². The Labute approximate surface area is 138 Å². The second-order valence-electron chi connectivity index (χ2n) is 5.85. The Morgan fingerprint density at radius 2 is 2.17 bits per heavy atom. The Morgan fingerprint density at radius 3 is 2.83 bits per heavy atom. The maximum atomic E-state index is 12.9. The summed E-state index contributed by atoms with van der Waals surface area (Å²) >= 11 is 0. The van der Waals surface area contributed by atoms with Crippen LogP contribution in [0.1, 0.15) is 28.2 Å². The van der Waals surface area contributed by atoms with Crippen molar-refractivity contribution in [2.45, 2.75) is 25.8 Å². The molecule has 1 saturated heterocycles. The third kappa shape index (κ3) is 3.61. The van der Waals surface area contributed by atoms with Crippen molar-refractivity contribution in [2.75, 3.05) is 13.1 Å². The van der Waals surface area contributed by atoms with Crippen molar-refractivity contribution in [2.24, 2.45) is 0 Å². The van der Waals surface area contributed by atoms with E-state index in [-0.39, 0.29) is 35.8 Å². The minimum atomic E-state index is -0.334. The maximum Gasteiger partial charge on any atom is 0.273 e. The lowest BCUT2D eigenvalue weighted by Crippen LogP contribution is -2.37. The van der Waals surface area contributed by atoms with Gasteiger partial charge >= 0.3 is 0 Å². The van der Waals surface area contributed by atoms with Gasteiger partial charge < -0.3 is 14.6 Å². The third-order valence-corrected chi connectivity index (χ3v) is 4.09. The summed E-state index contributed by atoms with van der Waals surface area (Å²) in [5, 5.41) is 2.81. The zero-order chi connectivity index (χ0) is 17.1. The Morgan fingerprint density at radius 1 is 1.42 bits per heavy atom. The number of amides is 2. The van der Waals surface area contributed by atoms with Crippen molar-refractivity contribution in [1.29, 1.82) is 0 Å². The molecule has 0 radical (unpaired) electrons. The first-order valence-corrected chi connectivity index (χ1v) is 7.76. The SMILES string of the molecule is Cc1ocnc1C(=O)N[C@@H]1CC(=O)N(CCc2ccc(F)cc2)C1. The number of halogens is 1. The van der Waals surface area contributed by atoms with Crippen LogP contribution in [-0.2, 0) is 11.2 Å². The number of likely N-dealkylation sites (tertiary alicyclic amines) is 1. The first-order valence-electron chi connectivity index (χ1n) is 7.76. The third-order valence-electron chi connectivity index (χ3n) is 4.09. The molecule has 3 rings (SSSR count). The molecule has 2 amide bonds. The standard InChI is InChI=1S/C17H18FN3O3/c1-11-16(19-10-24-11)17(23)20-14-8-15(22)21(9-14)7-6-12-2-4-13(18)5-3-12/h2-5,10,14H,6-9H2,1H3,(H,20,23)/t14-/m1/s1. The van der Waals surface area contributed by atoms with Crippen molar-refractivity contribution in [1.82, 2.24) is 15.2 Å². The molecule has 0 saturated carbocycles. The topological polar surface area (TPSA) is 75.4 Å². The van der Waals surface area contributed by atoms with Gasteiger partial charge in [-0.05, 0) is 31.0 Å². The molecule has 1 aliphatic heterocycles. The first kappa shape index (κ1) is 16.2. The van der Waals surface area contributed by atoms with Gasteiger partial charge in [-0.25, -0.2) is 9.37 Å². The molecule has 0 bridgehead atoms. The van der Waals surface area contributed by atoms with E-state index in [9.17, 15) is 14.0 Å². The number of rotatable bonds is 5. The van der Waals surface area contributed by atoms with Crippen molar-refractivity contribution in [3.8, 4) is 0 Å². The highest BCUT2D eigenvalue weighted by atomic mass is 19.1. The van der Waals surface area contributed by atoms with Crippen molar-refractivity contribution in [3.05, 3.63) is 53.5 Å². The van der Waals surface area contributed by atoms with E-state index in [1.165, 1.54) is 18.5 Å². The average Bonchev–Trinajstić information content (AvgIpc) is 3.12. The number of benzene rings is 1. The van der Waals surface area contributed by atoms with Crippen LogP contribution in [0.15, 0.2) is 35.1 Å². The molecule has 1 aliphatic rings. The number of aryl methyl sites for hydroxylation is 1. The average molecular weight is 331 g/mol. The predicted octanol–water partition coefficient (Wildman–Crippen LogP) is 1.70. The summed E-state index contributed by atoms with van der Waals surface area (Å²) in [5.74, 6) is -0.161. The minimum absolute atomic E-state index is 0.000661. The van der Waals surface area contributed by atoms with Crippen LogP contribution >= 0.6 is 0 Å². The lowest BCUT2D eigenvalue weighted by Gasteiger charge is -2.17. The van der Waals surface area contributed by atoms with Crippen LogP contribution in [0.4, 0.5) is 4.39 Å². The zero-order valence-corrected chi connectivity index (χ0v) is 13.3. The number of hydrogen-bond donors (Lipinski definition) is 1. The van der Waals surface area contributed by atoms with Crippen molar-refractivity contribution in [3.63, 3.8) is 0 Å². The van der Waals surface area contributed by atoms with Gasteiger partial charge in [0, 0.05) is 19.5 Å². The molecule has 0 aliphatic carbocycles. The molecule has 1 N–H and O–H groups in total. The monoisotopic (exact) mass is 331 g/mol. The predicted molar refractivity (Wildman–Crippen MR) is 83.8 cm³/mol.